The smallest absolute Gasteiger partial charge is 0.142 e. The molecule has 2 aromatic heterocycles. The molecule has 0 atom stereocenters. The van der Waals surface area contributed by atoms with E-state index in [1.807, 2.05) is 12.3 Å². The summed E-state index contributed by atoms with van der Waals surface area (Å²) in [6.07, 6.45) is 0.213. The van der Waals surface area contributed by atoms with Crippen molar-refractivity contribution in [3.05, 3.63) is 21.1 Å². The van der Waals surface area contributed by atoms with Gasteiger partial charge in [-0.25, -0.2) is 14.4 Å². The Kier molecular flexibility index (Phi) is 4.14. The number of carbonyl (C=O) groups excluding carboxylic acids is 1. The molecule has 3 rings (SSSR count). The molecule has 0 saturated heterocycles. The van der Waals surface area contributed by atoms with Crippen LogP contribution in [0.2, 0.25) is 0 Å². The van der Waals surface area contributed by atoms with Gasteiger partial charge in [-0.2, -0.15) is 0 Å². The molecule has 1 aliphatic rings. The molecule has 0 bridgehead atoms. The highest BCUT2D eigenvalue weighted by molar-refractivity contribution is 7.16. The summed E-state index contributed by atoms with van der Waals surface area (Å²) in [6, 6.07) is 0. The van der Waals surface area contributed by atoms with Crippen LogP contribution in [0.5, 0.6) is 0 Å². The lowest BCUT2D eigenvalue weighted by Crippen LogP contribution is -2.32. The van der Waals surface area contributed by atoms with Gasteiger partial charge >= 0.3 is 0 Å². The van der Waals surface area contributed by atoms with Gasteiger partial charge in [0, 0.05) is 11.3 Å². The van der Waals surface area contributed by atoms with Gasteiger partial charge in [0.1, 0.15) is 22.0 Å². The molecule has 0 aromatic carbocycles. The fraction of sp³-hybridized carbons (Fsp3) is 0.500. The second kappa shape index (κ2) is 5.90. The summed E-state index contributed by atoms with van der Waals surface area (Å²) in [4.78, 5) is 21.6. The van der Waals surface area contributed by atoms with Crippen molar-refractivity contribution in [3.63, 3.8) is 0 Å². The molecule has 0 aliphatic heterocycles. The van der Waals surface area contributed by atoms with Crippen molar-refractivity contribution in [2.24, 2.45) is 5.92 Å². The highest BCUT2D eigenvalue weighted by atomic mass is 32.1. The average Bonchev–Trinajstić information content (AvgIpc) is 3.01. The number of nitrogens with zero attached hydrogens (tertiary/aromatic N) is 2. The molecule has 0 unspecified atom stereocenters. The molecule has 112 valence electrons. The van der Waals surface area contributed by atoms with Gasteiger partial charge in [0.2, 0.25) is 0 Å². The number of halogens is 1. The van der Waals surface area contributed by atoms with E-state index in [9.17, 15) is 9.18 Å². The predicted octanol–water partition coefficient (Wildman–Crippen LogP) is 2.93. The lowest BCUT2D eigenvalue weighted by Gasteiger charge is -2.27. The van der Waals surface area contributed by atoms with Gasteiger partial charge in [-0.05, 0) is 19.8 Å². The van der Waals surface area contributed by atoms with Gasteiger partial charge < -0.3 is 5.11 Å². The van der Waals surface area contributed by atoms with E-state index < -0.39 is 6.17 Å². The van der Waals surface area contributed by atoms with E-state index in [0.29, 0.717) is 17.8 Å². The van der Waals surface area contributed by atoms with Crippen LogP contribution >= 0.6 is 22.7 Å². The van der Waals surface area contributed by atoms with Crippen LogP contribution in [0.25, 0.3) is 10.6 Å². The third kappa shape index (κ3) is 3.04. The van der Waals surface area contributed by atoms with Crippen LogP contribution in [-0.4, -0.2) is 27.0 Å². The molecule has 4 nitrogen and oxygen atoms in total. The number of hydrogen-bond donors (Lipinski definition) is 1. The van der Waals surface area contributed by atoms with Crippen LogP contribution < -0.4 is 0 Å². The lowest BCUT2D eigenvalue weighted by molar-refractivity contribution is -0.126. The monoisotopic (exact) mass is 326 g/mol. The third-order valence-corrected chi connectivity index (χ3v) is 5.64. The van der Waals surface area contributed by atoms with Crippen molar-refractivity contribution in [3.8, 4) is 10.6 Å². The van der Waals surface area contributed by atoms with E-state index in [-0.39, 0.29) is 24.7 Å². The predicted molar refractivity (Wildman–Crippen MR) is 80.2 cm³/mol. The standard InChI is InChI=1S/C14H15FN2O2S2/c1-7-14(21-13(5-18)16-7)10-6-20-12(17-10)4-11(19)8-2-9(15)3-8/h6,8-9,18H,2-5H2,1H3. The summed E-state index contributed by atoms with van der Waals surface area (Å²) in [7, 11) is 0. The summed E-state index contributed by atoms with van der Waals surface area (Å²) in [6.45, 7) is 1.80. The average molecular weight is 326 g/mol. The molecular weight excluding hydrogens is 311 g/mol. The Morgan fingerprint density at radius 3 is 2.81 bits per heavy atom. The Bertz CT molecular complexity index is 662. The highest BCUT2D eigenvalue weighted by Crippen LogP contribution is 2.34. The number of ketones is 1. The maximum absolute atomic E-state index is 12.8. The normalized spacial score (nSPS) is 21.3. The van der Waals surface area contributed by atoms with Crippen molar-refractivity contribution in [1.82, 2.24) is 9.97 Å². The van der Waals surface area contributed by atoms with Crippen LogP contribution in [0.4, 0.5) is 4.39 Å². The van der Waals surface area contributed by atoms with Crippen LogP contribution in [0, 0.1) is 12.8 Å². The maximum Gasteiger partial charge on any atom is 0.142 e. The Morgan fingerprint density at radius 2 is 2.19 bits per heavy atom. The van der Waals surface area contributed by atoms with Gasteiger partial charge in [0.25, 0.3) is 0 Å². The van der Waals surface area contributed by atoms with Crippen molar-refractivity contribution in [2.75, 3.05) is 0 Å². The maximum atomic E-state index is 12.8. The molecule has 0 radical (unpaired) electrons. The second-order valence-corrected chi connectivity index (χ2v) is 7.24. The first kappa shape index (κ1) is 14.7. The molecule has 1 saturated carbocycles. The molecule has 0 amide bonds. The SMILES string of the molecule is Cc1nc(CO)sc1-c1csc(CC(=O)C2CC(F)C2)n1. The number of thiazole rings is 2. The van der Waals surface area contributed by atoms with Crippen molar-refractivity contribution < 1.29 is 14.3 Å². The zero-order valence-electron chi connectivity index (χ0n) is 11.5. The molecule has 21 heavy (non-hydrogen) atoms. The topological polar surface area (TPSA) is 63.1 Å². The van der Waals surface area contributed by atoms with E-state index >= 15 is 0 Å². The number of rotatable bonds is 5. The van der Waals surface area contributed by atoms with Crippen LogP contribution in [0.3, 0.4) is 0 Å². The van der Waals surface area contributed by atoms with Crippen molar-refractivity contribution in [2.45, 2.75) is 39.0 Å². The van der Waals surface area contributed by atoms with E-state index in [0.717, 1.165) is 21.3 Å². The van der Waals surface area contributed by atoms with E-state index in [2.05, 4.69) is 9.97 Å². The minimum Gasteiger partial charge on any atom is -0.389 e. The Labute approximate surface area is 129 Å². The Hall–Kier alpha value is -1.18. The highest BCUT2D eigenvalue weighted by Gasteiger charge is 2.34. The first-order chi connectivity index (χ1) is 10.1. The van der Waals surface area contributed by atoms with Crippen LogP contribution in [0.15, 0.2) is 5.38 Å². The molecule has 1 N–H and O–H groups in total. The third-order valence-electron chi connectivity index (χ3n) is 3.62. The summed E-state index contributed by atoms with van der Waals surface area (Å²) < 4.78 is 12.8. The van der Waals surface area contributed by atoms with Gasteiger partial charge in [0.05, 0.1) is 29.3 Å². The largest absolute Gasteiger partial charge is 0.389 e. The first-order valence-electron chi connectivity index (χ1n) is 6.75. The van der Waals surface area contributed by atoms with Crippen LogP contribution in [-0.2, 0) is 17.8 Å². The Balaban J connectivity index is 1.71. The molecule has 7 heteroatoms. The molecule has 2 aromatic rings. The van der Waals surface area contributed by atoms with E-state index in [4.69, 9.17) is 5.11 Å². The van der Waals surface area contributed by atoms with Gasteiger partial charge in [-0.1, -0.05) is 0 Å². The summed E-state index contributed by atoms with van der Waals surface area (Å²) in [5.74, 6) is -0.0413. The quantitative estimate of drug-likeness (QED) is 0.917. The lowest BCUT2D eigenvalue weighted by atomic mass is 9.79. The number of Topliss-reactive ketones (excluding diaryl/α,β-unsaturated/α-hetero) is 1. The number of hydrogen-bond acceptors (Lipinski definition) is 6. The van der Waals surface area contributed by atoms with Gasteiger partial charge in [0.15, 0.2) is 0 Å². The first-order valence-corrected chi connectivity index (χ1v) is 8.45. The van der Waals surface area contributed by atoms with E-state index in [1.165, 1.54) is 22.7 Å². The summed E-state index contributed by atoms with van der Waals surface area (Å²) >= 11 is 2.86. The number of aliphatic hydroxyl groups excluding tert-OH is 1. The number of alkyl halides is 1. The molecule has 1 fully saturated rings. The number of carbonyl (C=O) groups is 1. The minimum atomic E-state index is -0.803. The van der Waals surface area contributed by atoms with Crippen LogP contribution in [0.1, 0.15) is 28.6 Å². The molecule has 1 aliphatic carbocycles. The zero-order valence-corrected chi connectivity index (χ0v) is 13.1. The van der Waals surface area contributed by atoms with Crippen molar-refractivity contribution in [1.29, 1.82) is 0 Å². The van der Waals surface area contributed by atoms with Gasteiger partial charge in [-0.15, -0.1) is 22.7 Å². The fourth-order valence-electron chi connectivity index (χ4n) is 2.36. The zero-order chi connectivity index (χ0) is 15.0. The molecule has 0 spiro atoms. The number of aromatic nitrogens is 2. The molecule has 2 heterocycles. The number of aryl methyl sites for hydroxylation is 1. The molecular formula is C14H15FN2O2S2. The van der Waals surface area contributed by atoms with E-state index in [1.54, 1.807) is 0 Å². The second-order valence-electron chi connectivity index (χ2n) is 5.22. The summed E-state index contributed by atoms with van der Waals surface area (Å²) in [5, 5.41) is 12.4. The van der Waals surface area contributed by atoms with Crippen molar-refractivity contribution >= 4 is 28.5 Å². The number of aliphatic hydroxyl groups is 1. The minimum absolute atomic E-state index is 0.0763. The van der Waals surface area contributed by atoms with Gasteiger partial charge in [-0.3, -0.25) is 4.79 Å². The fourth-order valence-corrected chi connectivity index (χ4v) is 4.11. The summed E-state index contributed by atoms with van der Waals surface area (Å²) in [5.41, 5.74) is 1.64. The Morgan fingerprint density at radius 1 is 1.43 bits per heavy atom.